The first kappa shape index (κ1) is 16.1. The van der Waals surface area contributed by atoms with E-state index in [0.29, 0.717) is 31.7 Å². The lowest BCUT2D eigenvalue weighted by atomic mass is 10.0. The number of amides is 1. The van der Waals surface area contributed by atoms with Crippen LogP contribution >= 0.6 is 0 Å². The topological polar surface area (TPSA) is 59.8 Å². The molecule has 4 rings (SSSR count). The van der Waals surface area contributed by atoms with E-state index in [1.807, 2.05) is 47.4 Å². The number of furan rings is 1. The summed E-state index contributed by atoms with van der Waals surface area (Å²) in [6.07, 6.45) is 2.77. The molecule has 0 unspecified atom stereocenters. The number of hydrogen-bond donors (Lipinski definition) is 0. The second kappa shape index (κ2) is 6.84. The Morgan fingerprint density at radius 3 is 2.72 bits per heavy atom. The molecule has 2 aliphatic rings. The van der Waals surface area contributed by atoms with Crippen LogP contribution in [-0.4, -0.2) is 42.4 Å². The van der Waals surface area contributed by atoms with Crippen molar-refractivity contribution in [3.63, 3.8) is 0 Å². The highest BCUT2D eigenvalue weighted by atomic mass is 16.5. The lowest BCUT2D eigenvalue weighted by Crippen LogP contribution is -2.50. The van der Waals surface area contributed by atoms with E-state index in [-0.39, 0.29) is 29.6 Å². The molecule has 1 aromatic carbocycles. The Morgan fingerprint density at radius 2 is 1.96 bits per heavy atom. The minimum Gasteiger partial charge on any atom is -0.469 e. The Kier molecular flexibility index (Phi) is 4.40. The molecule has 1 amide bonds. The van der Waals surface area contributed by atoms with Crippen molar-refractivity contribution in [2.24, 2.45) is 5.92 Å². The third-order valence-electron chi connectivity index (χ3n) is 5.04. The van der Waals surface area contributed by atoms with Gasteiger partial charge < -0.3 is 14.1 Å². The summed E-state index contributed by atoms with van der Waals surface area (Å²) in [7, 11) is 0. The summed E-state index contributed by atoms with van der Waals surface area (Å²) in [6.45, 7) is 1.50. The van der Waals surface area contributed by atoms with E-state index >= 15 is 0 Å². The quantitative estimate of drug-likeness (QED) is 0.786. The van der Waals surface area contributed by atoms with Gasteiger partial charge in [-0.25, -0.2) is 0 Å². The van der Waals surface area contributed by atoms with Gasteiger partial charge in [0.1, 0.15) is 5.76 Å². The average molecular weight is 339 g/mol. The van der Waals surface area contributed by atoms with Gasteiger partial charge in [-0.2, -0.15) is 0 Å². The van der Waals surface area contributed by atoms with Crippen LogP contribution < -0.4 is 0 Å². The molecule has 0 bridgehead atoms. The number of carbonyl (C=O) groups is 2. The molecule has 25 heavy (non-hydrogen) atoms. The van der Waals surface area contributed by atoms with E-state index in [2.05, 4.69) is 0 Å². The molecule has 1 aliphatic carbocycles. The van der Waals surface area contributed by atoms with E-state index in [1.165, 1.54) is 0 Å². The molecule has 1 aliphatic heterocycles. The number of morpholine rings is 1. The van der Waals surface area contributed by atoms with E-state index in [0.717, 1.165) is 12.2 Å². The maximum absolute atomic E-state index is 12.9. The molecule has 3 atom stereocenters. The van der Waals surface area contributed by atoms with Crippen LogP contribution in [0, 0.1) is 5.92 Å². The summed E-state index contributed by atoms with van der Waals surface area (Å²) in [6, 6.07) is 12.8. The molecule has 0 radical (unpaired) electrons. The molecule has 2 heterocycles. The number of hydrogen-bond acceptors (Lipinski definition) is 4. The third kappa shape index (κ3) is 3.37. The smallest absolute Gasteiger partial charge is 0.226 e. The van der Waals surface area contributed by atoms with Gasteiger partial charge >= 0.3 is 0 Å². The number of Topliss-reactive ketones (excluding diaryl/α,β-unsaturated/α-hetero) is 1. The van der Waals surface area contributed by atoms with Gasteiger partial charge in [-0.1, -0.05) is 30.3 Å². The second-order valence-electron chi connectivity index (χ2n) is 6.72. The summed E-state index contributed by atoms with van der Waals surface area (Å²) in [4.78, 5) is 27.3. The van der Waals surface area contributed by atoms with Crippen molar-refractivity contribution >= 4 is 11.7 Å². The summed E-state index contributed by atoms with van der Waals surface area (Å²) < 4.78 is 11.0. The van der Waals surface area contributed by atoms with E-state index < -0.39 is 0 Å². The first-order chi connectivity index (χ1) is 12.2. The number of nitrogens with zero attached hydrogens (tertiary/aromatic N) is 1. The van der Waals surface area contributed by atoms with Crippen molar-refractivity contribution in [2.45, 2.75) is 24.8 Å². The molecule has 0 spiro atoms. The van der Waals surface area contributed by atoms with Crippen molar-refractivity contribution in [1.82, 2.24) is 4.90 Å². The van der Waals surface area contributed by atoms with Crippen LogP contribution in [-0.2, 0) is 9.53 Å². The van der Waals surface area contributed by atoms with Crippen molar-refractivity contribution in [3.05, 3.63) is 60.1 Å². The summed E-state index contributed by atoms with van der Waals surface area (Å²) in [5.41, 5.74) is 0.681. The molecule has 2 fully saturated rings. The Hall–Kier alpha value is -2.40. The number of rotatable bonds is 5. The van der Waals surface area contributed by atoms with Gasteiger partial charge in [-0.15, -0.1) is 0 Å². The van der Waals surface area contributed by atoms with Crippen LogP contribution in [0.3, 0.4) is 0 Å². The van der Waals surface area contributed by atoms with Gasteiger partial charge in [0.2, 0.25) is 5.91 Å². The number of ether oxygens (including phenoxy) is 1. The molecule has 1 aromatic heterocycles. The molecule has 2 aromatic rings. The highest BCUT2D eigenvalue weighted by molar-refractivity contribution is 5.96. The highest BCUT2D eigenvalue weighted by Gasteiger charge is 2.49. The standard InChI is InChI=1S/C20H21NO4/c22-18(14-5-2-1-3-6-14)11-15-13-24-10-8-21(15)20(23)17-12-16(17)19-7-4-9-25-19/h1-7,9,15-17H,8,10-13H2/t15-,16+,17-/m1/s1. The number of ketones is 1. The predicted molar refractivity (Wildman–Crippen MR) is 91.3 cm³/mol. The molecule has 1 saturated carbocycles. The molecule has 1 saturated heterocycles. The second-order valence-corrected chi connectivity index (χ2v) is 6.72. The lowest BCUT2D eigenvalue weighted by molar-refractivity contribution is -0.141. The number of benzene rings is 1. The van der Waals surface area contributed by atoms with Gasteiger partial charge in [0, 0.05) is 30.4 Å². The third-order valence-corrected chi connectivity index (χ3v) is 5.04. The van der Waals surface area contributed by atoms with Crippen LogP contribution in [0.15, 0.2) is 53.1 Å². The fourth-order valence-electron chi connectivity index (χ4n) is 3.57. The van der Waals surface area contributed by atoms with Crippen LogP contribution in [0.1, 0.15) is 34.9 Å². The maximum atomic E-state index is 12.9. The Labute approximate surface area is 146 Å². The monoisotopic (exact) mass is 339 g/mol. The van der Waals surface area contributed by atoms with Crippen LogP contribution in [0.4, 0.5) is 0 Å². The lowest BCUT2D eigenvalue weighted by Gasteiger charge is -2.35. The summed E-state index contributed by atoms with van der Waals surface area (Å²) in [5.74, 6) is 1.20. The highest BCUT2D eigenvalue weighted by Crippen LogP contribution is 2.49. The Balaban J connectivity index is 1.43. The van der Waals surface area contributed by atoms with Crippen molar-refractivity contribution in [3.8, 4) is 0 Å². The zero-order valence-electron chi connectivity index (χ0n) is 14.0. The minimum absolute atomic E-state index is 0.0291. The van der Waals surface area contributed by atoms with Crippen LogP contribution in [0.2, 0.25) is 0 Å². The number of carbonyl (C=O) groups excluding carboxylic acids is 2. The minimum atomic E-state index is -0.188. The van der Waals surface area contributed by atoms with E-state index in [9.17, 15) is 9.59 Å². The van der Waals surface area contributed by atoms with E-state index in [1.54, 1.807) is 6.26 Å². The predicted octanol–water partition coefficient (Wildman–Crippen LogP) is 2.88. The van der Waals surface area contributed by atoms with Gasteiger partial charge in [0.25, 0.3) is 0 Å². The summed E-state index contributed by atoms with van der Waals surface area (Å²) in [5, 5.41) is 0. The normalized spacial score (nSPS) is 25.6. The van der Waals surface area contributed by atoms with Crippen LogP contribution in [0.25, 0.3) is 0 Å². The molecular weight excluding hydrogens is 318 g/mol. The largest absolute Gasteiger partial charge is 0.469 e. The van der Waals surface area contributed by atoms with Gasteiger partial charge in [0.05, 0.1) is 25.5 Å². The fraction of sp³-hybridized carbons (Fsp3) is 0.400. The SMILES string of the molecule is O=C(C[C@@H]1COCCN1C(=O)[C@@H]1C[C@@H]1c1ccco1)c1ccccc1. The van der Waals surface area contributed by atoms with Crippen molar-refractivity contribution in [2.75, 3.05) is 19.8 Å². The van der Waals surface area contributed by atoms with Gasteiger partial charge in [0.15, 0.2) is 5.78 Å². The molecule has 5 heteroatoms. The molecule has 5 nitrogen and oxygen atoms in total. The zero-order chi connectivity index (χ0) is 17.2. The van der Waals surface area contributed by atoms with Crippen molar-refractivity contribution in [1.29, 1.82) is 0 Å². The Bertz CT molecular complexity index is 740. The molecule has 0 N–H and O–H groups in total. The Morgan fingerprint density at radius 1 is 1.12 bits per heavy atom. The first-order valence-electron chi connectivity index (χ1n) is 8.74. The molecular formula is C20H21NO4. The fourth-order valence-corrected chi connectivity index (χ4v) is 3.57. The summed E-state index contributed by atoms with van der Waals surface area (Å²) >= 11 is 0. The van der Waals surface area contributed by atoms with Gasteiger partial charge in [-0.05, 0) is 18.6 Å². The van der Waals surface area contributed by atoms with E-state index in [4.69, 9.17) is 9.15 Å². The van der Waals surface area contributed by atoms with Crippen molar-refractivity contribution < 1.29 is 18.7 Å². The average Bonchev–Trinajstić information content (AvgIpc) is 3.27. The molecule has 130 valence electrons. The first-order valence-corrected chi connectivity index (χ1v) is 8.74. The van der Waals surface area contributed by atoms with Crippen LogP contribution in [0.5, 0.6) is 0 Å². The zero-order valence-corrected chi connectivity index (χ0v) is 14.0. The van der Waals surface area contributed by atoms with Gasteiger partial charge in [-0.3, -0.25) is 9.59 Å². The maximum Gasteiger partial charge on any atom is 0.226 e.